The maximum Gasteiger partial charge on any atom is 0.123 e. The fourth-order valence-electron chi connectivity index (χ4n) is 2.37. The monoisotopic (exact) mass is 255 g/mol. The highest BCUT2D eigenvalue weighted by Gasteiger charge is 2.18. The Kier molecular flexibility index (Phi) is 4.15. The van der Waals surface area contributed by atoms with E-state index in [-0.39, 0.29) is 5.82 Å². The van der Waals surface area contributed by atoms with E-state index in [4.69, 9.17) is 5.73 Å². The number of anilines is 1. The van der Waals surface area contributed by atoms with E-state index in [1.165, 1.54) is 43.9 Å². The van der Waals surface area contributed by atoms with Crippen molar-refractivity contribution in [2.45, 2.75) is 31.4 Å². The fourth-order valence-corrected chi connectivity index (χ4v) is 3.95. The van der Waals surface area contributed by atoms with Gasteiger partial charge in [-0.15, -0.1) is 0 Å². The van der Waals surface area contributed by atoms with Gasteiger partial charge in [0.05, 0.1) is 5.75 Å². The summed E-state index contributed by atoms with van der Waals surface area (Å²) in [6.45, 7) is 0. The number of hydrogen-bond donors (Lipinski definition) is 1. The molecule has 2 nitrogen and oxygen atoms in total. The molecule has 0 bridgehead atoms. The van der Waals surface area contributed by atoms with Crippen molar-refractivity contribution in [3.05, 3.63) is 29.6 Å². The molecule has 0 amide bonds. The summed E-state index contributed by atoms with van der Waals surface area (Å²) in [5, 5.41) is 0. The molecule has 94 valence electrons. The van der Waals surface area contributed by atoms with Crippen LogP contribution in [0.15, 0.2) is 18.2 Å². The minimum atomic E-state index is -0.926. The summed E-state index contributed by atoms with van der Waals surface area (Å²) in [4.78, 5) is 0. The van der Waals surface area contributed by atoms with Crippen LogP contribution in [0.25, 0.3) is 0 Å². The van der Waals surface area contributed by atoms with Gasteiger partial charge in [-0.2, -0.15) is 0 Å². The Morgan fingerprint density at radius 2 is 2.06 bits per heavy atom. The number of nitrogens with two attached hydrogens (primary N) is 1. The molecule has 1 fully saturated rings. The Hall–Kier alpha value is -0.900. The number of nitrogen functional groups attached to an aromatic ring is 1. The van der Waals surface area contributed by atoms with E-state index in [0.717, 1.165) is 5.75 Å². The highest BCUT2D eigenvalue weighted by Crippen LogP contribution is 2.26. The van der Waals surface area contributed by atoms with Gasteiger partial charge in [-0.1, -0.05) is 12.8 Å². The SMILES string of the molecule is Nc1ccc(F)cc1CS(=O)CC1CCCC1. The topological polar surface area (TPSA) is 43.1 Å². The first-order valence-electron chi connectivity index (χ1n) is 6.04. The Bertz CT molecular complexity index is 416. The van der Waals surface area contributed by atoms with Crippen LogP contribution in [-0.4, -0.2) is 9.96 Å². The van der Waals surface area contributed by atoms with Crippen LogP contribution in [0.4, 0.5) is 10.1 Å². The predicted octanol–water partition coefficient (Wildman–Crippen LogP) is 2.85. The van der Waals surface area contributed by atoms with Gasteiger partial charge in [0.1, 0.15) is 5.82 Å². The Balaban J connectivity index is 1.95. The molecule has 1 unspecified atom stereocenters. The lowest BCUT2D eigenvalue weighted by Gasteiger charge is -2.10. The average Bonchev–Trinajstić information content (AvgIpc) is 2.76. The zero-order valence-electron chi connectivity index (χ0n) is 9.82. The zero-order valence-corrected chi connectivity index (χ0v) is 10.6. The second-order valence-corrected chi connectivity index (χ2v) is 6.25. The van der Waals surface area contributed by atoms with Gasteiger partial charge in [0.15, 0.2) is 0 Å². The van der Waals surface area contributed by atoms with Crippen LogP contribution in [0.5, 0.6) is 0 Å². The normalized spacial score (nSPS) is 18.4. The number of rotatable bonds is 4. The standard InChI is InChI=1S/C13H18FNOS/c14-12-5-6-13(15)11(7-12)9-17(16)8-10-3-1-2-4-10/h5-7,10H,1-4,8-9,15H2. The molecule has 17 heavy (non-hydrogen) atoms. The summed E-state index contributed by atoms with van der Waals surface area (Å²) in [7, 11) is -0.926. The Morgan fingerprint density at radius 3 is 2.76 bits per heavy atom. The summed E-state index contributed by atoms with van der Waals surface area (Å²) in [5.74, 6) is 1.38. The largest absolute Gasteiger partial charge is 0.398 e. The molecule has 4 heteroatoms. The first-order chi connectivity index (χ1) is 8.15. The van der Waals surface area contributed by atoms with Gasteiger partial charge >= 0.3 is 0 Å². The first kappa shape index (κ1) is 12.6. The molecule has 1 aromatic carbocycles. The van der Waals surface area contributed by atoms with Gasteiger partial charge in [0.2, 0.25) is 0 Å². The van der Waals surface area contributed by atoms with Crippen LogP contribution in [0.1, 0.15) is 31.2 Å². The van der Waals surface area contributed by atoms with Gasteiger partial charge in [-0.25, -0.2) is 4.39 Å². The van der Waals surface area contributed by atoms with Crippen molar-refractivity contribution in [3.63, 3.8) is 0 Å². The molecule has 1 saturated carbocycles. The van der Waals surface area contributed by atoms with Crippen LogP contribution < -0.4 is 5.73 Å². The van der Waals surface area contributed by atoms with Crippen LogP contribution in [0.3, 0.4) is 0 Å². The maximum atomic E-state index is 13.0. The smallest absolute Gasteiger partial charge is 0.123 e. The molecule has 1 aromatic rings. The van der Waals surface area contributed by atoms with Crippen molar-refractivity contribution in [3.8, 4) is 0 Å². The van der Waals surface area contributed by atoms with Crippen molar-refractivity contribution in [1.29, 1.82) is 0 Å². The summed E-state index contributed by atoms with van der Waals surface area (Å²) in [6, 6.07) is 4.26. The third kappa shape index (κ3) is 3.53. The van der Waals surface area contributed by atoms with Gasteiger partial charge in [-0.05, 0) is 42.5 Å². The average molecular weight is 255 g/mol. The summed E-state index contributed by atoms with van der Waals surface area (Å²) in [6.07, 6.45) is 4.88. The van der Waals surface area contributed by atoms with E-state index in [1.807, 2.05) is 0 Å². The van der Waals surface area contributed by atoms with E-state index >= 15 is 0 Å². The van der Waals surface area contributed by atoms with Crippen molar-refractivity contribution in [2.75, 3.05) is 11.5 Å². The van der Waals surface area contributed by atoms with Gasteiger partial charge in [0.25, 0.3) is 0 Å². The Morgan fingerprint density at radius 1 is 1.35 bits per heavy atom. The van der Waals surface area contributed by atoms with E-state index in [0.29, 0.717) is 22.9 Å². The van der Waals surface area contributed by atoms with E-state index in [2.05, 4.69) is 0 Å². The minimum absolute atomic E-state index is 0.313. The third-order valence-electron chi connectivity index (χ3n) is 3.32. The Labute approximate surface area is 104 Å². The van der Waals surface area contributed by atoms with Crippen molar-refractivity contribution in [1.82, 2.24) is 0 Å². The van der Waals surface area contributed by atoms with Crippen LogP contribution in [0.2, 0.25) is 0 Å². The molecule has 0 saturated heterocycles. The summed E-state index contributed by atoms with van der Waals surface area (Å²) < 4.78 is 25.0. The summed E-state index contributed by atoms with van der Waals surface area (Å²) >= 11 is 0. The van der Waals surface area contributed by atoms with Gasteiger partial charge in [0, 0.05) is 22.2 Å². The van der Waals surface area contributed by atoms with Gasteiger partial charge < -0.3 is 5.73 Å². The number of benzene rings is 1. The second kappa shape index (κ2) is 5.63. The van der Waals surface area contributed by atoms with E-state index in [9.17, 15) is 8.60 Å². The van der Waals surface area contributed by atoms with Gasteiger partial charge in [-0.3, -0.25) is 4.21 Å². The lowest BCUT2D eigenvalue weighted by atomic mass is 10.1. The van der Waals surface area contributed by atoms with Crippen molar-refractivity contribution < 1.29 is 8.60 Å². The minimum Gasteiger partial charge on any atom is -0.398 e. The van der Waals surface area contributed by atoms with Crippen LogP contribution in [-0.2, 0) is 16.6 Å². The number of hydrogen-bond acceptors (Lipinski definition) is 2. The fraction of sp³-hybridized carbons (Fsp3) is 0.538. The third-order valence-corrected chi connectivity index (χ3v) is 4.79. The molecule has 0 heterocycles. The molecule has 0 aliphatic heterocycles. The van der Waals surface area contributed by atoms with Crippen molar-refractivity contribution >= 4 is 16.5 Å². The lowest BCUT2D eigenvalue weighted by Crippen LogP contribution is -2.10. The van der Waals surface area contributed by atoms with E-state index in [1.54, 1.807) is 0 Å². The molecule has 1 aliphatic carbocycles. The zero-order chi connectivity index (χ0) is 12.3. The molecule has 2 rings (SSSR count). The molecule has 1 aliphatic rings. The molecule has 0 aromatic heterocycles. The molecule has 2 N–H and O–H groups in total. The van der Waals surface area contributed by atoms with Crippen molar-refractivity contribution in [2.24, 2.45) is 5.92 Å². The predicted molar refractivity (Wildman–Crippen MR) is 69.5 cm³/mol. The van der Waals surface area contributed by atoms with E-state index < -0.39 is 10.8 Å². The first-order valence-corrected chi connectivity index (χ1v) is 7.53. The molecule has 0 spiro atoms. The highest BCUT2D eigenvalue weighted by atomic mass is 32.2. The maximum absolute atomic E-state index is 13.0. The molecule has 1 atom stereocenters. The quantitative estimate of drug-likeness (QED) is 0.841. The molecular weight excluding hydrogens is 237 g/mol. The summed E-state index contributed by atoms with van der Waals surface area (Å²) in [5.41, 5.74) is 6.95. The lowest BCUT2D eigenvalue weighted by molar-refractivity contribution is 0.604. The number of halogens is 1. The molecular formula is C13H18FNOS. The van der Waals surface area contributed by atoms with Crippen LogP contribution >= 0.6 is 0 Å². The second-order valence-electron chi connectivity index (χ2n) is 4.74. The highest BCUT2D eigenvalue weighted by molar-refractivity contribution is 7.84. The van der Waals surface area contributed by atoms with Crippen LogP contribution in [0, 0.1) is 11.7 Å². The molecule has 0 radical (unpaired) electrons.